The molecule has 1 unspecified atom stereocenters. The molecule has 2 rings (SSSR count). The number of alkyl halides is 2. The molecule has 20 heavy (non-hydrogen) atoms. The highest BCUT2D eigenvalue weighted by atomic mass is 32.2. The number of aliphatic carboxylic acids is 1. The van der Waals surface area contributed by atoms with Crippen LogP contribution >= 0.6 is 0 Å². The van der Waals surface area contributed by atoms with Gasteiger partial charge in [-0.25, -0.2) is 8.42 Å². The zero-order valence-corrected chi connectivity index (χ0v) is 10.8. The highest BCUT2D eigenvalue weighted by molar-refractivity contribution is 7.89. The van der Waals surface area contributed by atoms with E-state index in [1.165, 1.54) is 0 Å². The zero-order chi connectivity index (χ0) is 15.1. The van der Waals surface area contributed by atoms with Crippen molar-refractivity contribution in [3.63, 3.8) is 0 Å². The minimum atomic E-state index is -4.17. The number of carboxylic acid groups (broad SMARTS) is 1. The van der Waals surface area contributed by atoms with E-state index in [0.29, 0.717) is 0 Å². The minimum absolute atomic E-state index is 0.305. The van der Waals surface area contributed by atoms with E-state index >= 15 is 0 Å². The van der Waals surface area contributed by atoms with Crippen LogP contribution in [0.5, 0.6) is 11.5 Å². The van der Waals surface area contributed by atoms with Crippen LogP contribution in [0.3, 0.4) is 0 Å². The lowest BCUT2D eigenvalue weighted by molar-refractivity contribution is -0.286. The predicted octanol–water partition coefficient (Wildman–Crippen LogP) is 0.760. The molecule has 1 aliphatic heterocycles. The summed E-state index contributed by atoms with van der Waals surface area (Å²) < 4.78 is 59.4. The maximum Gasteiger partial charge on any atom is 0.586 e. The molecular formula is C10H9F2NO6S. The Labute approximate surface area is 112 Å². The van der Waals surface area contributed by atoms with E-state index in [2.05, 4.69) is 9.47 Å². The van der Waals surface area contributed by atoms with Gasteiger partial charge in [-0.2, -0.15) is 4.72 Å². The molecule has 0 saturated carbocycles. The second kappa shape index (κ2) is 4.56. The van der Waals surface area contributed by atoms with Gasteiger partial charge in [0.05, 0.1) is 4.90 Å². The molecule has 1 heterocycles. The Morgan fingerprint density at radius 3 is 2.55 bits per heavy atom. The number of hydrogen-bond donors (Lipinski definition) is 2. The number of ether oxygens (including phenoxy) is 2. The van der Waals surface area contributed by atoms with E-state index in [4.69, 9.17) is 5.11 Å². The molecule has 0 bridgehead atoms. The fourth-order valence-corrected chi connectivity index (χ4v) is 2.66. The van der Waals surface area contributed by atoms with Crippen molar-refractivity contribution >= 4 is 16.0 Å². The minimum Gasteiger partial charge on any atom is -0.480 e. The van der Waals surface area contributed by atoms with Gasteiger partial charge >= 0.3 is 12.3 Å². The first-order chi connectivity index (χ1) is 9.11. The monoisotopic (exact) mass is 309 g/mol. The molecule has 0 aliphatic carbocycles. The van der Waals surface area contributed by atoms with Crippen molar-refractivity contribution in [2.75, 3.05) is 0 Å². The van der Waals surface area contributed by atoms with Crippen LogP contribution in [0.1, 0.15) is 6.92 Å². The normalized spacial score (nSPS) is 17.8. The van der Waals surface area contributed by atoms with E-state index < -0.39 is 39.0 Å². The number of benzene rings is 1. The van der Waals surface area contributed by atoms with Gasteiger partial charge < -0.3 is 14.6 Å². The first-order valence-electron chi connectivity index (χ1n) is 5.26. The first kappa shape index (κ1) is 14.5. The summed E-state index contributed by atoms with van der Waals surface area (Å²) in [6.07, 6.45) is -3.85. The number of carbonyl (C=O) groups is 1. The molecule has 1 aliphatic rings. The van der Waals surface area contributed by atoms with Crippen molar-refractivity contribution in [3.8, 4) is 11.5 Å². The summed E-state index contributed by atoms with van der Waals surface area (Å²) in [7, 11) is -4.17. The van der Waals surface area contributed by atoms with Crippen LogP contribution in [-0.2, 0) is 14.8 Å². The third-order valence-electron chi connectivity index (χ3n) is 2.39. The average molecular weight is 309 g/mol. The third-order valence-corrected chi connectivity index (χ3v) is 3.92. The summed E-state index contributed by atoms with van der Waals surface area (Å²) in [5.74, 6) is -2.12. The zero-order valence-electron chi connectivity index (χ0n) is 9.96. The smallest absolute Gasteiger partial charge is 0.480 e. The number of halogens is 2. The quantitative estimate of drug-likeness (QED) is 0.851. The Morgan fingerprint density at radius 2 is 1.95 bits per heavy atom. The molecule has 10 heteroatoms. The molecule has 0 spiro atoms. The van der Waals surface area contributed by atoms with Crippen molar-refractivity contribution in [2.45, 2.75) is 24.2 Å². The topological polar surface area (TPSA) is 102 Å². The van der Waals surface area contributed by atoms with Crippen LogP contribution in [-0.4, -0.2) is 31.8 Å². The molecule has 2 N–H and O–H groups in total. The van der Waals surface area contributed by atoms with Crippen molar-refractivity contribution in [3.05, 3.63) is 18.2 Å². The maximum atomic E-state index is 12.8. The Balaban J connectivity index is 2.29. The van der Waals surface area contributed by atoms with Gasteiger partial charge in [0.2, 0.25) is 10.0 Å². The molecule has 0 aromatic heterocycles. The Hall–Kier alpha value is -1.94. The largest absolute Gasteiger partial charge is 0.586 e. The first-order valence-corrected chi connectivity index (χ1v) is 6.74. The number of sulfonamides is 1. The molecule has 0 radical (unpaired) electrons. The second-order valence-corrected chi connectivity index (χ2v) is 5.67. The number of hydrogen-bond acceptors (Lipinski definition) is 5. The Bertz CT molecular complexity index is 660. The Kier molecular flexibility index (Phi) is 3.30. The molecule has 0 saturated heterocycles. The fourth-order valence-electron chi connectivity index (χ4n) is 1.45. The molecule has 1 aromatic rings. The summed E-state index contributed by atoms with van der Waals surface area (Å²) in [5.41, 5.74) is 0. The van der Waals surface area contributed by atoms with Crippen molar-refractivity contribution in [1.82, 2.24) is 4.72 Å². The van der Waals surface area contributed by atoms with Gasteiger partial charge in [-0.1, -0.05) is 0 Å². The lowest BCUT2D eigenvalue weighted by atomic mass is 10.3. The number of rotatable bonds is 4. The lowest BCUT2D eigenvalue weighted by Gasteiger charge is -2.10. The Morgan fingerprint density at radius 1 is 1.35 bits per heavy atom. The number of nitrogens with one attached hydrogen (secondary N) is 1. The van der Waals surface area contributed by atoms with Crippen molar-refractivity contribution < 1.29 is 36.6 Å². The van der Waals surface area contributed by atoms with Crippen LogP contribution in [0, 0.1) is 0 Å². The fraction of sp³-hybridized carbons (Fsp3) is 0.300. The summed E-state index contributed by atoms with van der Waals surface area (Å²) in [6, 6.07) is 1.45. The molecule has 1 aromatic carbocycles. The highest BCUT2D eigenvalue weighted by Crippen LogP contribution is 2.41. The van der Waals surface area contributed by atoms with E-state index in [9.17, 15) is 22.0 Å². The van der Waals surface area contributed by atoms with Gasteiger partial charge in [0.15, 0.2) is 11.5 Å². The summed E-state index contributed by atoms with van der Waals surface area (Å²) >= 11 is 0. The van der Waals surface area contributed by atoms with E-state index in [1.54, 1.807) is 0 Å². The van der Waals surface area contributed by atoms with Gasteiger partial charge in [0.1, 0.15) is 6.04 Å². The SMILES string of the molecule is CC(NS(=O)(=O)c1ccc2c(c1)OC(F)(F)O2)C(=O)O. The van der Waals surface area contributed by atoms with Crippen LogP contribution in [0.25, 0.3) is 0 Å². The number of fused-ring (bicyclic) bond motifs is 1. The van der Waals surface area contributed by atoms with Crippen molar-refractivity contribution in [2.24, 2.45) is 0 Å². The molecule has 0 fully saturated rings. The second-order valence-electron chi connectivity index (χ2n) is 3.96. The molecule has 0 amide bonds. The van der Waals surface area contributed by atoms with Crippen molar-refractivity contribution in [1.29, 1.82) is 0 Å². The van der Waals surface area contributed by atoms with E-state index in [0.717, 1.165) is 25.1 Å². The molecule has 7 nitrogen and oxygen atoms in total. The van der Waals surface area contributed by atoms with Gasteiger partial charge in [-0.3, -0.25) is 4.79 Å². The maximum absolute atomic E-state index is 12.8. The highest BCUT2D eigenvalue weighted by Gasteiger charge is 2.43. The van der Waals surface area contributed by atoms with Crippen LogP contribution in [0.15, 0.2) is 23.1 Å². The van der Waals surface area contributed by atoms with Gasteiger partial charge in [0, 0.05) is 6.07 Å². The summed E-state index contributed by atoms with van der Waals surface area (Å²) in [6.45, 7) is 1.13. The summed E-state index contributed by atoms with van der Waals surface area (Å²) in [4.78, 5) is 10.2. The van der Waals surface area contributed by atoms with Gasteiger partial charge in [-0.15, -0.1) is 8.78 Å². The predicted molar refractivity (Wildman–Crippen MR) is 60.1 cm³/mol. The summed E-state index contributed by atoms with van der Waals surface area (Å²) in [5, 5.41) is 8.64. The van der Waals surface area contributed by atoms with Gasteiger partial charge in [-0.05, 0) is 19.1 Å². The standard InChI is InChI=1S/C10H9F2NO6S/c1-5(9(14)15)13-20(16,17)6-2-3-7-8(4-6)19-10(11,12)18-7/h2-5,13H,1H3,(H,14,15). The van der Waals surface area contributed by atoms with E-state index in [-0.39, 0.29) is 5.75 Å². The third kappa shape index (κ3) is 2.80. The van der Waals surface area contributed by atoms with Crippen LogP contribution in [0.4, 0.5) is 8.78 Å². The molecule has 110 valence electrons. The molecular weight excluding hydrogens is 300 g/mol. The molecule has 1 atom stereocenters. The van der Waals surface area contributed by atoms with Crippen LogP contribution < -0.4 is 14.2 Å². The number of carboxylic acids is 1. The lowest BCUT2D eigenvalue weighted by Crippen LogP contribution is -2.38. The van der Waals surface area contributed by atoms with E-state index in [1.807, 2.05) is 4.72 Å². The average Bonchev–Trinajstić information content (AvgIpc) is 2.60. The van der Waals surface area contributed by atoms with Crippen LogP contribution in [0.2, 0.25) is 0 Å². The van der Waals surface area contributed by atoms with Gasteiger partial charge in [0.25, 0.3) is 0 Å².